The van der Waals surface area contributed by atoms with E-state index in [-0.39, 0.29) is 25.0 Å². The molecule has 1 saturated heterocycles. The fourth-order valence-corrected chi connectivity index (χ4v) is 1.77. The Balaban J connectivity index is 2.20. The van der Waals surface area contributed by atoms with Gasteiger partial charge in [-0.2, -0.15) is 0 Å². The molecule has 0 aromatic rings. The van der Waals surface area contributed by atoms with Crippen LogP contribution in [0, 0.1) is 0 Å². The predicted octanol–water partition coefficient (Wildman–Crippen LogP) is -0.149. The van der Waals surface area contributed by atoms with E-state index in [9.17, 15) is 9.59 Å². The SMILES string of the molecule is O=C(O)CCCCC(=O)N1CCOC(CO)C1. The fourth-order valence-electron chi connectivity index (χ4n) is 1.77. The Labute approximate surface area is 100 Å². The van der Waals surface area contributed by atoms with Gasteiger partial charge in [-0.15, -0.1) is 0 Å². The van der Waals surface area contributed by atoms with Crippen LogP contribution in [0.15, 0.2) is 0 Å². The summed E-state index contributed by atoms with van der Waals surface area (Å²) in [6.45, 7) is 1.34. The van der Waals surface area contributed by atoms with E-state index in [4.69, 9.17) is 14.9 Å². The van der Waals surface area contributed by atoms with Crippen LogP contribution in [-0.4, -0.2) is 59.4 Å². The van der Waals surface area contributed by atoms with E-state index in [0.29, 0.717) is 39.0 Å². The number of aliphatic hydroxyl groups excluding tert-OH is 1. The van der Waals surface area contributed by atoms with Crippen molar-refractivity contribution in [3.63, 3.8) is 0 Å². The van der Waals surface area contributed by atoms with Gasteiger partial charge in [0, 0.05) is 25.9 Å². The largest absolute Gasteiger partial charge is 0.481 e. The van der Waals surface area contributed by atoms with Crippen molar-refractivity contribution in [2.24, 2.45) is 0 Å². The third-order valence-corrected chi connectivity index (χ3v) is 2.73. The van der Waals surface area contributed by atoms with E-state index in [0.717, 1.165) is 0 Å². The number of carbonyl (C=O) groups is 2. The van der Waals surface area contributed by atoms with Gasteiger partial charge in [0.15, 0.2) is 0 Å². The first-order chi connectivity index (χ1) is 8.13. The molecule has 6 heteroatoms. The fraction of sp³-hybridized carbons (Fsp3) is 0.818. The van der Waals surface area contributed by atoms with Crippen LogP contribution < -0.4 is 0 Å². The van der Waals surface area contributed by atoms with Crippen LogP contribution in [0.1, 0.15) is 25.7 Å². The molecule has 1 fully saturated rings. The first-order valence-corrected chi connectivity index (χ1v) is 5.85. The van der Waals surface area contributed by atoms with Crippen molar-refractivity contribution in [1.82, 2.24) is 4.90 Å². The van der Waals surface area contributed by atoms with Crippen molar-refractivity contribution in [2.45, 2.75) is 31.8 Å². The number of rotatable bonds is 6. The van der Waals surface area contributed by atoms with Crippen LogP contribution in [-0.2, 0) is 14.3 Å². The average Bonchev–Trinajstić information content (AvgIpc) is 2.34. The summed E-state index contributed by atoms with van der Waals surface area (Å²) in [6.07, 6.45) is 1.30. The molecule has 0 saturated carbocycles. The lowest BCUT2D eigenvalue weighted by Gasteiger charge is -2.32. The van der Waals surface area contributed by atoms with Gasteiger partial charge in [0.05, 0.1) is 19.3 Å². The lowest BCUT2D eigenvalue weighted by atomic mass is 10.1. The maximum atomic E-state index is 11.7. The third kappa shape index (κ3) is 5.14. The molecule has 0 aliphatic carbocycles. The maximum Gasteiger partial charge on any atom is 0.303 e. The van der Waals surface area contributed by atoms with E-state index >= 15 is 0 Å². The predicted molar refractivity (Wildman–Crippen MR) is 59.5 cm³/mol. The highest BCUT2D eigenvalue weighted by molar-refractivity contribution is 5.76. The van der Waals surface area contributed by atoms with Gasteiger partial charge < -0.3 is 19.8 Å². The molecule has 2 N–H and O–H groups in total. The number of nitrogens with zero attached hydrogens (tertiary/aromatic N) is 1. The lowest BCUT2D eigenvalue weighted by molar-refractivity contribution is -0.141. The minimum Gasteiger partial charge on any atom is -0.481 e. The molecule has 1 atom stereocenters. The van der Waals surface area contributed by atoms with Crippen LogP contribution in [0.4, 0.5) is 0 Å². The molecule has 1 rings (SSSR count). The number of carboxylic acid groups (broad SMARTS) is 1. The summed E-state index contributed by atoms with van der Waals surface area (Å²) in [5, 5.41) is 17.4. The third-order valence-electron chi connectivity index (χ3n) is 2.73. The monoisotopic (exact) mass is 245 g/mol. The quantitative estimate of drug-likeness (QED) is 0.635. The minimum absolute atomic E-state index is 0.0112. The molecule has 1 aliphatic rings. The minimum atomic E-state index is -0.829. The van der Waals surface area contributed by atoms with Gasteiger partial charge in [0.2, 0.25) is 5.91 Å². The van der Waals surface area contributed by atoms with Gasteiger partial charge in [-0.3, -0.25) is 9.59 Å². The van der Waals surface area contributed by atoms with E-state index in [2.05, 4.69) is 0 Å². The molecule has 0 radical (unpaired) electrons. The summed E-state index contributed by atoms with van der Waals surface area (Å²) in [5.41, 5.74) is 0. The van der Waals surface area contributed by atoms with Crippen LogP contribution in [0.3, 0.4) is 0 Å². The van der Waals surface area contributed by atoms with Gasteiger partial charge in [-0.1, -0.05) is 0 Å². The number of hydrogen-bond acceptors (Lipinski definition) is 4. The standard InChI is InChI=1S/C11H19NO5/c13-8-9-7-12(5-6-17-9)10(14)3-1-2-4-11(15)16/h9,13H,1-8H2,(H,15,16). The molecule has 1 unspecified atom stereocenters. The molecule has 0 aromatic heterocycles. The summed E-state index contributed by atoms with van der Waals surface area (Å²) >= 11 is 0. The van der Waals surface area contributed by atoms with Crippen LogP contribution in [0.5, 0.6) is 0 Å². The van der Waals surface area contributed by atoms with Crippen molar-refractivity contribution in [3.05, 3.63) is 0 Å². The van der Waals surface area contributed by atoms with E-state index in [1.165, 1.54) is 0 Å². The van der Waals surface area contributed by atoms with Crippen molar-refractivity contribution in [3.8, 4) is 0 Å². The number of ether oxygens (including phenoxy) is 1. The van der Waals surface area contributed by atoms with Crippen LogP contribution in [0.25, 0.3) is 0 Å². The van der Waals surface area contributed by atoms with Crippen molar-refractivity contribution >= 4 is 11.9 Å². The molecule has 0 bridgehead atoms. The summed E-state index contributed by atoms with van der Waals surface area (Å²) in [7, 11) is 0. The van der Waals surface area contributed by atoms with Crippen molar-refractivity contribution in [1.29, 1.82) is 0 Å². The Morgan fingerprint density at radius 3 is 2.65 bits per heavy atom. The van der Waals surface area contributed by atoms with Crippen LogP contribution >= 0.6 is 0 Å². The molecule has 0 aromatic carbocycles. The number of unbranched alkanes of at least 4 members (excludes halogenated alkanes) is 1. The highest BCUT2D eigenvalue weighted by Gasteiger charge is 2.23. The molecule has 6 nitrogen and oxygen atoms in total. The Hall–Kier alpha value is -1.14. The van der Waals surface area contributed by atoms with Crippen molar-refractivity contribution < 1.29 is 24.5 Å². The Morgan fingerprint density at radius 1 is 1.29 bits per heavy atom. The summed E-state index contributed by atoms with van der Waals surface area (Å²) in [6, 6.07) is 0. The summed E-state index contributed by atoms with van der Waals surface area (Å²) < 4.78 is 5.24. The highest BCUT2D eigenvalue weighted by Crippen LogP contribution is 2.09. The Morgan fingerprint density at radius 2 is 2.00 bits per heavy atom. The lowest BCUT2D eigenvalue weighted by Crippen LogP contribution is -2.46. The second kappa shape index (κ2) is 7.24. The number of hydrogen-bond donors (Lipinski definition) is 2. The first kappa shape index (κ1) is 13.9. The highest BCUT2D eigenvalue weighted by atomic mass is 16.5. The van der Waals surface area contributed by atoms with E-state index in [1.54, 1.807) is 4.90 Å². The topological polar surface area (TPSA) is 87.1 Å². The van der Waals surface area contributed by atoms with Gasteiger partial charge >= 0.3 is 5.97 Å². The number of carboxylic acids is 1. The molecule has 17 heavy (non-hydrogen) atoms. The number of morpholine rings is 1. The maximum absolute atomic E-state index is 11.7. The van der Waals surface area contributed by atoms with Gasteiger partial charge in [0.1, 0.15) is 0 Å². The van der Waals surface area contributed by atoms with E-state index in [1.807, 2.05) is 0 Å². The molecule has 1 aliphatic heterocycles. The number of aliphatic carboxylic acids is 1. The molecular weight excluding hydrogens is 226 g/mol. The first-order valence-electron chi connectivity index (χ1n) is 5.85. The number of aliphatic hydroxyl groups is 1. The second-order valence-electron chi connectivity index (χ2n) is 4.12. The summed E-state index contributed by atoms with van der Waals surface area (Å²) in [4.78, 5) is 23.7. The molecular formula is C11H19NO5. The molecule has 0 spiro atoms. The zero-order chi connectivity index (χ0) is 12.7. The molecule has 1 heterocycles. The smallest absolute Gasteiger partial charge is 0.303 e. The normalized spacial score (nSPS) is 20.3. The zero-order valence-corrected chi connectivity index (χ0v) is 9.80. The zero-order valence-electron chi connectivity index (χ0n) is 9.80. The van der Waals surface area contributed by atoms with Crippen molar-refractivity contribution in [2.75, 3.05) is 26.3 Å². The average molecular weight is 245 g/mol. The van der Waals surface area contributed by atoms with Gasteiger partial charge in [-0.05, 0) is 12.8 Å². The van der Waals surface area contributed by atoms with Gasteiger partial charge in [-0.25, -0.2) is 0 Å². The summed E-state index contributed by atoms with van der Waals surface area (Å²) in [5.74, 6) is -0.818. The Bertz CT molecular complexity index is 269. The molecule has 98 valence electrons. The molecule has 1 amide bonds. The Kier molecular flexibility index (Phi) is 5.93. The van der Waals surface area contributed by atoms with Crippen LogP contribution in [0.2, 0.25) is 0 Å². The van der Waals surface area contributed by atoms with E-state index < -0.39 is 5.97 Å². The number of amides is 1. The second-order valence-corrected chi connectivity index (χ2v) is 4.12. The van der Waals surface area contributed by atoms with Gasteiger partial charge in [0.25, 0.3) is 0 Å². The number of carbonyl (C=O) groups excluding carboxylic acids is 1.